The molecule has 1 saturated heterocycles. The maximum Gasteiger partial charge on any atom is 0.227 e. The minimum Gasteiger partial charge on any atom is -0.373 e. The predicted octanol–water partition coefficient (Wildman–Crippen LogP) is 3.18. The van der Waals surface area contributed by atoms with Crippen LogP contribution in [0.3, 0.4) is 0 Å². The number of hydrogen-bond donors (Lipinski definition) is 1. The van der Waals surface area contributed by atoms with Crippen LogP contribution in [0, 0.1) is 0 Å². The van der Waals surface area contributed by atoms with Crippen molar-refractivity contribution < 1.29 is 0 Å². The van der Waals surface area contributed by atoms with Crippen molar-refractivity contribution in [2.24, 2.45) is 0 Å². The second kappa shape index (κ2) is 5.90. The van der Waals surface area contributed by atoms with Crippen molar-refractivity contribution in [2.75, 3.05) is 30.4 Å². The van der Waals surface area contributed by atoms with Crippen molar-refractivity contribution in [2.45, 2.75) is 19.3 Å². The molecule has 4 heteroatoms. The van der Waals surface area contributed by atoms with Gasteiger partial charge in [-0.1, -0.05) is 30.3 Å². The molecule has 3 rings (SSSR count). The molecule has 1 fully saturated rings. The molecule has 1 aromatic carbocycles. The van der Waals surface area contributed by atoms with Gasteiger partial charge in [-0.3, -0.25) is 0 Å². The number of piperidine rings is 1. The third-order valence-corrected chi connectivity index (χ3v) is 3.68. The Morgan fingerprint density at radius 2 is 1.75 bits per heavy atom. The summed E-state index contributed by atoms with van der Waals surface area (Å²) in [5.41, 5.74) is 2.11. The zero-order chi connectivity index (χ0) is 13.8. The zero-order valence-electron chi connectivity index (χ0n) is 11.8. The first-order valence-corrected chi connectivity index (χ1v) is 7.24. The summed E-state index contributed by atoms with van der Waals surface area (Å²) in [5, 5.41) is 3.14. The number of hydrogen-bond acceptors (Lipinski definition) is 4. The molecule has 0 aliphatic carbocycles. The Hall–Kier alpha value is -2.10. The highest BCUT2D eigenvalue weighted by Crippen LogP contribution is 2.24. The zero-order valence-corrected chi connectivity index (χ0v) is 11.8. The Kier molecular flexibility index (Phi) is 3.81. The van der Waals surface area contributed by atoms with E-state index in [-0.39, 0.29) is 0 Å². The van der Waals surface area contributed by atoms with E-state index in [1.165, 1.54) is 19.3 Å². The highest BCUT2D eigenvalue weighted by Gasteiger charge is 2.15. The Morgan fingerprint density at radius 1 is 1.00 bits per heavy atom. The van der Waals surface area contributed by atoms with E-state index in [0.717, 1.165) is 36.1 Å². The molecule has 2 heterocycles. The van der Waals surface area contributed by atoms with Gasteiger partial charge < -0.3 is 10.2 Å². The van der Waals surface area contributed by atoms with Crippen molar-refractivity contribution in [1.29, 1.82) is 0 Å². The number of aromatic nitrogens is 2. The average molecular weight is 268 g/mol. The fourth-order valence-corrected chi connectivity index (χ4v) is 2.55. The maximum absolute atomic E-state index is 4.75. The standard InChI is InChI=1S/C16H20N4/c1-17-15-12-14(13-8-4-2-5-9-13)18-16(19-15)20-10-6-3-7-11-20/h2,4-5,8-9,12H,3,6-7,10-11H2,1H3,(H,17,18,19). The Bertz CT molecular complexity index is 562. The molecule has 20 heavy (non-hydrogen) atoms. The molecule has 0 radical (unpaired) electrons. The minimum atomic E-state index is 0.843. The number of benzene rings is 1. The molecule has 0 bridgehead atoms. The Labute approximate surface area is 119 Å². The molecule has 0 atom stereocenters. The van der Waals surface area contributed by atoms with Gasteiger partial charge in [-0.15, -0.1) is 0 Å². The molecule has 2 aromatic rings. The molecule has 0 saturated carbocycles. The highest BCUT2D eigenvalue weighted by atomic mass is 15.3. The second-order valence-corrected chi connectivity index (χ2v) is 5.10. The van der Waals surface area contributed by atoms with E-state index in [0.29, 0.717) is 0 Å². The summed E-state index contributed by atoms with van der Waals surface area (Å²) in [6.45, 7) is 2.11. The summed E-state index contributed by atoms with van der Waals surface area (Å²) in [6, 6.07) is 12.3. The van der Waals surface area contributed by atoms with E-state index in [1.54, 1.807) is 0 Å². The molecule has 1 N–H and O–H groups in total. The van der Waals surface area contributed by atoms with E-state index in [2.05, 4.69) is 27.3 Å². The first-order chi connectivity index (χ1) is 9.86. The first-order valence-electron chi connectivity index (χ1n) is 7.24. The van der Waals surface area contributed by atoms with Crippen LogP contribution in [0.4, 0.5) is 11.8 Å². The lowest BCUT2D eigenvalue weighted by atomic mass is 10.1. The average Bonchev–Trinajstić information content (AvgIpc) is 2.56. The molecule has 0 unspecified atom stereocenters. The van der Waals surface area contributed by atoms with E-state index < -0.39 is 0 Å². The monoisotopic (exact) mass is 268 g/mol. The molecule has 0 spiro atoms. The van der Waals surface area contributed by atoms with Gasteiger partial charge >= 0.3 is 0 Å². The third-order valence-electron chi connectivity index (χ3n) is 3.68. The fourth-order valence-electron chi connectivity index (χ4n) is 2.55. The molecule has 4 nitrogen and oxygen atoms in total. The Morgan fingerprint density at radius 3 is 2.45 bits per heavy atom. The highest BCUT2D eigenvalue weighted by molar-refractivity contribution is 5.64. The second-order valence-electron chi connectivity index (χ2n) is 5.10. The van der Waals surface area contributed by atoms with Crippen LogP contribution in [0.2, 0.25) is 0 Å². The van der Waals surface area contributed by atoms with Crippen LogP contribution in [0.25, 0.3) is 11.3 Å². The van der Waals surface area contributed by atoms with Gasteiger partial charge in [-0.2, -0.15) is 4.98 Å². The SMILES string of the molecule is CNc1cc(-c2ccccc2)nc(N2CCCCC2)n1. The summed E-state index contributed by atoms with van der Waals surface area (Å²) in [4.78, 5) is 11.6. The van der Waals surface area contributed by atoms with Crippen LogP contribution >= 0.6 is 0 Å². The summed E-state index contributed by atoms with van der Waals surface area (Å²) < 4.78 is 0. The lowest BCUT2D eigenvalue weighted by Crippen LogP contribution is -2.31. The first kappa shape index (κ1) is 12.9. The van der Waals surface area contributed by atoms with Crippen LogP contribution in [0.1, 0.15) is 19.3 Å². The normalized spacial score (nSPS) is 15.2. The molecule has 1 aliphatic heterocycles. The summed E-state index contributed by atoms with van der Waals surface area (Å²) in [5.74, 6) is 1.72. The van der Waals surface area contributed by atoms with E-state index in [4.69, 9.17) is 4.98 Å². The van der Waals surface area contributed by atoms with Gasteiger partial charge in [0.25, 0.3) is 0 Å². The summed E-state index contributed by atoms with van der Waals surface area (Å²) in [7, 11) is 1.90. The van der Waals surface area contributed by atoms with Crippen molar-refractivity contribution >= 4 is 11.8 Å². The maximum atomic E-state index is 4.75. The number of anilines is 2. The van der Waals surface area contributed by atoms with Crippen molar-refractivity contribution in [3.63, 3.8) is 0 Å². The van der Waals surface area contributed by atoms with Crippen LogP contribution in [0.5, 0.6) is 0 Å². The predicted molar refractivity (Wildman–Crippen MR) is 83.1 cm³/mol. The van der Waals surface area contributed by atoms with Gasteiger partial charge in [0, 0.05) is 31.8 Å². The van der Waals surface area contributed by atoms with Gasteiger partial charge in [-0.05, 0) is 19.3 Å². The van der Waals surface area contributed by atoms with Gasteiger partial charge in [0.05, 0.1) is 5.69 Å². The largest absolute Gasteiger partial charge is 0.373 e. The van der Waals surface area contributed by atoms with Crippen LogP contribution < -0.4 is 10.2 Å². The molecule has 1 aliphatic rings. The van der Waals surface area contributed by atoms with Gasteiger partial charge in [0.2, 0.25) is 5.95 Å². The van der Waals surface area contributed by atoms with Gasteiger partial charge in [-0.25, -0.2) is 4.98 Å². The van der Waals surface area contributed by atoms with E-state index in [1.807, 2.05) is 31.3 Å². The minimum absolute atomic E-state index is 0.843. The fraction of sp³-hybridized carbons (Fsp3) is 0.375. The molecular weight excluding hydrogens is 248 g/mol. The number of rotatable bonds is 3. The van der Waals surface area contributed by atoms with Crippen molar-refractivity contribution in [1.82, 2.24) is 9.97 Å². The lowest BCUT2D eigenvalue weighted by Gasteiger charge is -2.27. The quantitative estimate of drug-likeness (QED) is 0.928. The Balaban J connectivity index is 1.98. The number of nitrogens with zero attached hydrogens (tertiary/aromatic N) is 3. The van der Waals surface area contributed by atoms with Gasteiger partial charge in [0.15, 0.2) is 0 Å². The summed E-state index contributed by atoms with van der Waals surface area (Å²) >= 11 is 0. The molecule has 1 aromatic heterocycles. The summed E-state index contributed by atoms with van der Waals surface area (Å²) in [6.07, 6.45) is 3.77. The molecule has 0 amide bonds. The smallest absolute Gasteiger partial charge is 0.227 e. The van der Waals surface area contributed by atoms with E-state index >= 15 is 0 Å². The molecular formula is C16H20N4. The van der Waals surface area contributed by atoms with Crippen molar-refractivity contribution in [3.05, 3.63) is 36.4 Å². The van der Waals surface area contributed by atoms with Crippen molar-refractivity contribution in [3.8, 4) is 11.3 Å². The van der Waals surface area contributed by atoms with E-state index in [9.17, 15) is 0 Å². The topological polar surface area (TPSA) is 41.1 Å². The molecule has 104 valence electrons. The third kappa shape index (κ3) is 2.74. The van der Waals surface area contributed by atoms with Crippen LogP contribution in [-0.2, 0) is 0 Å². The van der Waals surface area contributed by atoms with Gasteiger partial charge in [0.1, 0.15) is 5.82 Å². The lowest BCUT2D eigenvalue weighted by molar-refractivity contribution is 0.568. The number of nitrogens with one attached hydrogen (secondary N) is 1. The van der Waals surface area contributed by atoms with Crippen LogP contribution in [0.15, 0.2) is 36.4 Å². The van der Waals surface area contributed by atoms with Crippen LogP contribution in [-0.4, -0.2) is 30.1 Å².